The average Bonchev–Trinajstić information content (AvgIpc) is 2.53. The molecule has 0 spiro atoms. The predicted octanol–water partition coefficient (Wildman–Crippen LogP) is 2.92. The number of aryl methyl sites for hydroxylation is 2. The van der Waals surface area contributed by atoms with E-state index in [0.717, 1.165) is 28.5 Å². The molecule has 0 fully saturated rings. The van der Waals surface area contributed by atoms with Crippen LogP contribution in [-0.4, -0.2) is 19.5 Å². The van der Waals surface area contributed by atoms with Crippen LogP contribution < -0.4 is 0 Å². The molecular formula is C13H20N4. The lowest BCUT2D eigenvalue weighted by Crippen LogP contribution is -2.06. The molecule has 2 aromatic rings. The standard InChI is InChI=1S/C13H20N4/c1-7(2)10-11-13(14-9(5)17(11)6)16-12(15-10)8(3)4/h7-8H,1-6H3. The number of aromatic nitrogens is 4. The average molecular weight is 232 g/mol. The number of imidazole rings is 1. The second-order valence-corrected chi connectivity index (χ2v) is 5.17. The highest BCUT2D eigenvalue weighted by Crippen LogP contribution is 2.24. The van der Waals surface area contributed by atoms with Gasteiger partial charge in [-0.05, 0) is 12.8 Å². The summed E-state index contributed by atoms with van der Waals surface area (Å²) in [4.78, 5) is 13.8. The second-order valence-electron chi connectivity index (χ2n) is 5.17. The summed E-state index contributed by atoms with van der Waals surface area (Å²) in [5.74, 6) is 2.59. The molecule has 0 saturated carbocycles. The SMILES string of the molecule is Cc1nc2nc(C(C)C)nc(C(C)C)c2n1C. The maximum absolute atomic E-state index is 4.70. The normalized spacial score (nSPS) is 12.0. The summed E-state index contributed by atoms with van der Waals surface area (Å²) < 4.78 is 2.08. The lowest BCUT2D eigenvalue weighted by molar-refractivity contribution is 0.736. The maximum Gasteiger partial charge on any atom is 0.181 e. The van der Waals surface area contributed by atoms with E-state index >= 15 is 0 Å². The van der Waals surface area contributed by atoms with E-state index in [1.165, 1.54) is 0 Å². The smallest absolute Gasteiger partial charge is 0.181 e. The van der Waals surface area contributed by atoms with E-state index in [-0.39, 0.29) is 0 Å². The number of hydrogen-bond donors (Lipinski definition) is 0. The Labute approximate surface area is 102 Å². The van der Waals surface area contributed by atoms with Gasteiger partial charge in [-0.1, -0.05) is 27.7 Å². The van der Waals surface area contributed by atoms with Crippen LogP contribution in [0.5, 0.6) is 0 Å². The molecule has 0 aliphatic heterocycles. The van der Waals surface area contributed by atoms with Gasteiger partial charge in [0.1, 0.15) is 17.2 Å². The van der Waals surface area contributed by atoms with E-state index in [2.05, 4.69) is 42.2 Å². The van der Waals surface area contributed by atoms with E-state index in [1.807, 2.05) is 14.0 Å². The third kappa shape index (κ3) is 1.92. The molecule has 0 saturated heterocycles. The molecule has 0 bridgehead atoms. The van der Waals surface area contributed by atoms with Gasteiger partial charge in [0.05, 0.1) is 5.69 Å². The molecule has 0 aromatic carbocycles. The molecule has 92 valence electrons. The van der Waals surface area contributed by atoms with Crippen molar-refractivity contribution in [2.24, 2.45) is 7.05 Å². The number of fused-ring (bicyclic) bond motifs is 1. The Balaban J connectivity index is 2.81. The summed E-state index contributed by atoms with van der Waals surface area (Å²) in [5, 5.41) is 0. The Morgan fingerprint density at radius 2 is 1.59 bits per heavy atom. The molecule has 2 rings (SSSR count). The summed E-state index contributed by atoms with van der Waals surface area (Å²) >= 11 is 0. The van der Waals surface area contributed by atoms with Gasteiger partial charge in [0.2, 0.25) is 0 Å². The van der Waals surface area contributed by atoms with Crippen molar-refractivity contribution in [2.45, 2.75) is 46.5 Å². The van der Waals surface area contributed by atoms with Gasteiger partial charge >= 0.3 is 0 Å². The Kier molecular flexibility index (Phi) is 2.89. The number of nitrogens with zero attached hydrogens (tertiary/aromatic N) is 4. The van der Waals surface area contributed by atoms with Gasteiger partial charge in [-0.2, -0.15) is 0 Å². The largest absolute Gasteiger partial charge is 0.328 e. The molecule has 2 heterocycles. The first-order valence-corrected chi connectivity index (χ1v) is 6.12. The molecule has 0 aliphatic rings. The monoisotopic (exact) mass is 232 g/mol. The summed E-state index contributed by atoms with van der Waals surface area (Å²) in [7, 11) is 2.02. The van der Waals surface area contributed by atoms with Gasteiger partial charge in [-0.3, -0.25) is 0 Å². The lowest BCUT2D eigenvalue weighted by atomic mass is 10.1. The van der Waals surface area contributed by atoms with Crippen LogP contribution in [0.3, 0.4) is 0 Å². The topological polar surface area (TPSA) is 43.6 Å². The lowest BCUT2D eigenvalue weighted by Gasteiger charge is -2.11. The first kappa shape index (κ1) is 12.0. The third-order valence-electron chi connectivity index (χ3n) is 3.06. The van der Waals surface area contributed by atoms with Crippen LogP contribution in [0.4, 0.5) is 0 Å². The van der Waals surface area contributed by atoms with E-state index < -0.39 is 0 Å². The fourth-order valence-corrected chi connectivity index (χ4v) is 1.93. The first-order valence-electron chi connectivity index (χ1n) is 6.12. The molecule has 0 N–H and O–H groups in total. The van der Waals surface area contributed by atoms with Gasteiger partial charge in [0, 0.05) is 13.0 Å². The van der Waals surface area contributed by atoms with Crippen molar-refractivity contribution in [3.05, 3.63) is 17.3 Å². The van der Waals surface area contributed by atoms with Crippen molar-refractivity contribution in [1.29, 1.82) is 0 Å². The number of rotatable bonds is 2. The molecule has 0 amide bonds. The molecule has 0 aliphatic carbocycles. The second kappa shape index (κ2) is 4.09. The van der Waals surface area contributed by atoms with E-state index in [4.69, 9.17) is 4.98 Å². The summed E-state index contributed by atoms with van der Waals surface area (Å²) in [6, 6.07) is 0. The maximum atomic E-state index is 4.70. The summed E-state index contributed by atoms with van der Waals surface area (Å²) in [6.45, 7) is 10.5. The van der Waals surface area contributed by atoms with Crippen LogP contribution in [-0.2, 0) is 7.05 Å². The quantitative estimate of drug-likeness (QED) is 0.799. The predicted molar refractivity (Wildman–Crippen MR) is 69.2 cm³/mol. The van der Waals surface area contributed by atoms with Crippen molar-refractivity contribution in [2.75, 3.05) is 0 Å². The molecule has 17 heavy (non-hydrogen) atoms. The molecule has 2 aromatic heterocycles. The van der Waals surface area contributed by atoms with Gasteiger partial charge < -0.3 is 4.57 Å². The van der Waals surface area contributed by atoms with Crippen LogP contribution >= 0.6 is 0 Å². The molecular weight excluding hydrogens is 212 g/mol. The molecule has 0 atom stereocenters. The van der Waals surface area contributed by atoms with Crippen molar-refractivity contribution in [3.8, 4) is 0 Å². The zero-order valence-electron chi connectivity index (χ0n) is 11.4. The zero-order valence-corrected chi connectivity index (χ0v) is 11.4. The highest BCUT2D eigenvalue weighted by atomic mass is 15.1. The van der Waals surface area contributed by atoms with E-state index in [1.54, 1.807) is 0 Å². The van der Waals surface area contributed by atoms with Gasteiger partial charge in [-0.15, -0.1) is 0 Å². The Morgan fingerprint density at radius 3 is 2.12 bits per heavy atom. The highest BCUT2D eigenvalue weighted by molar-refractivity contribution is 5.75. The fourth-order valence-electron chi connectivity index (χ4n) is 1.93. The zero-order chi connectivity index (χ0) is 12.7. The summed E-state index contributed by atoms with van der Waals surface area (Å²) in [5.41, 5.74) is 3.00. The molecule has 0 radical (unpaired) electrons. The summed E-state index contributed by atoms with van der Waals surface area (Å²) in [6.07, 6.45) is 0. The van der Waals surface area contributed by atoms with Crippen molar-refractivity contribution in [3.63, 3.8) is 0 Å². The van der Waals surface area contributed by atoms with Crippen LogP contribution in [0, 0.1) is 6.92 Å². The minimum atomic E-state index is 0.333. The molecule has 4 nitrogen and oxygen atoms in total. The van der Waals surface area contributed by atoms with E-state index in [0.29, 0.717) is 11.8 Å². The minimum Gasteiger partial charge on any atom is -0.328 e. The van der Waals surface area contributed by atoms with Crippen LogP contribution in [0.2, 0.25) is 0 Å². The van der Waals surface area contributed by atoms with Gasteiger partial charge in [0.25, 0.3) is 0 Å². The Hall–Kier alpha value is -1.45. The minimum absolute atomic E-state index is 0.333. The Bertz CT molecular complexity index is 552. The highest BCUT2D eigenvalue weighted by Gasteiger charge is 2.17. The van der Waals surface area contributed by atoms with Crippen molar-refractivity contribution in [1.82, 2.24) is 19.5 Å². The van der Waals surface area contributed by atoms with Crippen molar-refractivity contribution < 1.29 is 0 Å². The fraction of sp³-hybridized carbons (Fsp3) is 0.615. The number of hydrogen-bond acceptors (Lipinski definition) is 3. The van der Waals surface area contributed by atoms with E-state index in [9.17, 15) is 0 Å². The van der Waals surface area contributed by atoms with Gasteiger partial charge in [0.15, 0.2) is 5.65 Å². The van der Waals surface area contributed by atoms with Crippen molar-refractivity contribution >= 4 is 11.2 Å². The Morgan fingerprint density at radius 1 is 0.941 bits per heavy atom. The van der Waals surface area contributed by atoms with Crippen LogP contribution in [0.25, 0.3) is 11.2 Å². The first-order chi connectivity index (χ1) is 7.91. The third-order valence-corrected chi connectivity index (χ3v) is 3.06. The molecule has 4 heteroatoms. The van der Waals surface area contributed by atoms with Gasteiger partial charge in [-0.25, -0.2) is 15.0 Å². The van der Waals surface area contributed by atoms with Crippen LogP contribution in [0.1, 0.15) is 56.9 Å². The van der Waals surface area contributed by atoms with Crippen LogP contribution in [0.15, 0.2) is 0 Å². The molecule has 0 unspecified atom stereocenters.